The van der Waals surface area contributed by atoms with Gasteiger partial charge >= 0.3 is 0 Å². The van der Waals surface area contributed by atoms with Gasteiger partial charge in [0.1, 0.15) is 0 Å². The number of nitrogens with one attached hydrogen (secondary N) is 1. The molecule has 1 heterocycles. The zero-order chi connectivity index (χ0) is 7.14. The van der Waals surface area contributed by atoms with Gasteiger partial charge in [0.2, 0.25) is 0 Å². The molecule has 1 aromatic heterocycles. The Kier molecular flexibility index (Phi) is 1.08. The van der Waals surface area contributed by atoms with Crippen LogP contribution in [0.1, 0.15) is 23.7 Å². The highest BCUT2D eigenvalue weighted by Crippen LogP contribution is 2.37. The van der Waals surface area contributed by atoms with E-state index in [9.17, 15) is 0 Å². The summed E-state index contributed by atoms with van der Waals surface area (Å²) in [5.74, 6) is 0.532. The van der Waals surface area contributed by atoms with Crippen LogP contribution < -0.4 is 5.73 Å². The number of nitrogens with zero attached hydrogens (tertiary/aromatic N) is 1. The van der Waals surface area contributed by atoms with Crippen LogP contribution in [0.25, 0.3) is 0 Å². The maximum Gasteiger partial charge on any atom is 0.0671 e. The molecule has 54 valence electrons. The van der Waals surface area contributed by atoms with Crippen LogP contribution in [0.2, 0.25) is 0 Å². The van der Waals surface area contributed by atoms with E-state index in [0.717, 1.165) is 17.8 Å². The topological polar surface area (TPSA) is 54.7 Å². The summed E-state index contributed by atoms with van der Waals surface area (Å²) in [6.07, 6.45) is 1.10. The Morgan fingerprint density at radius 2 is 2.50 bits per heavy atom. The molecule has 1 saturated carbocycles. The molecule has 0 bridgehead atoms. The van der Waals surface area contributed by atoms with Gasteiger partial charge in [0, 0.05) is 17.7 Å². The van der Waals surface area contributed by atoms with Crippen molar-refractivity contribution in [2.45, 2.75) is 25.3 Å². The van der Waals surface area contributed by atoms with Gasteiger partial charge in [-0.3, -0.25) is 5.10 Å². The highest BCUT2D eigenvalue weighted by Gasteiger charge is 2.36. The summed E-state index contributed by atoms with van der Waals surface area (Å²) >= 11 is 0. The smallest absolute Gasteiger partial charge is 0.0671 e. The van der Waals surface area contributed by atoms with Gasteiger partial charge in [-0.1, -0.05) is 0 Å². The number of rotatable bonds is 1. The number of hydrogen-bond acceptors (Lipinski definition) is 2. The number of aryl methyl sites for hydroxylation is 1. The van der Waals surface area contributed by atoms with Crippen molar-refractivity contribution < 1.29 is 0 Å². The molecule has 3 nitrogen and oxygen atoms in total. The minimum absolute atomic E-state index is 0.364. The van der Waals surface area contributed by atoms with Gasteiger partial charge in [-0.25, -0.2) is 0 Å². The highest BCUT2D eigenvalue weighted by molar-refractivity contribution is 5.21. The zero-order valence-corrected chi connectivity index (χ0v) is 5.96. The van der Waals surface area contributed by atoms with Gasteiger partial charge in [0.25, 0.3) is 0 Å². The molecule has 1 aliphatic rings. The molecule has 10 heavy (non-hydrogen) atoms. The molecule has 2 rings (SSSR count). The first-order valence-electron chi connectivity index (χ1n) is 3.55. The number of H-pyrrole nitrogens is 1. The van der Waals surface area contributed by atoms with E-state index in [0.29, 0.717) is 12.0 Å². The summed E-state index contributed by atoms with van der Waals surface area (Å²) in [5.41, 5.74) is 7.90. The maximum absolute atomic E-state index is 5.65. The van der Waals surface area contributed by atoms with Crippen molar-refractivity contribution in [2.24, 2.45) is 5.73 Å². The average Bonchev–Trinajstić information content (AvgIpc) is 2.42. The Bertz CT molecular complexity index is 241. The summed E-state index contributed by atoms with van der Waals surface area (Å²) in [4.78, 5) is 0. The standard InChI is InChI=1S/C7H11N3/c1-4-2-7(10-9-4)5-3-6(5)8/h2,5-6H,3,8H2,1H3,(H,9,10)/t5-,6-/m1/s1. The molecule has 0 amide bonds. The molecular weight excluding hydrogens is 126 g/mol. The van der Waals surface area contributed by atoms with E-state index < -0.39 is 0 Å². The first-order valence-corrected chi connectivity index (χ1v) is 3.55. The van der Waals surface area contributed by atoms with Crippen LogP contribution in [0.4, 0.5) is 0 Å². The van der Waals surface area contributed by atoms with Crippen molar-refractivity contribution in [3.63, 3.8) is 0 Å². The minimum Gasteiger partial charge on any atom is -0.327 e. The quantitative estimate of drug-likeness (QED) is 0.593. The fourth-order valence-electron chi connectivity index (χ4n) is 1.18. The van der Waals surface area contributed by atoms with Gasteiger partial charge in [-0.2, -0.15) is 5.10 Å². The number of hydrogen-bond donors (Lipinski definition) is 2. The molecule has 1 fully saturated rings. The molecule has 1 aliphatic carbocycles. The van der Waals surface area contributed by atoms with Gasteiger partial charge in [-0.05, 0) is 19.4 Å². The fourth-order valence-corrected chi connectivity index (χ4v) is 1.18. The van der Waals surface area contributed by atoms with E-state index in [1.54, 1.807) is 0 Å². The van der Waals surface area contributed by atoms with E-state index in [1.165, 1.54) is 0 Å². The second-order valence-corrected chi connectivity index (χ2v) is 2.98. The third-order valence-electron chi connectivity index (χ3n) is 1.95. The van der Waals surface area contributed by atoms with E-state index >= 15 is 0 Å². The molecule has 0 saturated heterocycles. The molecule has 0 radical (unpaired) electrons. The second kappa shape index (κ2) is 1.83. The second-order valence-electron chi connectivity index (χ2n) is 2.98. The number of aromatic nitrogens is 2. The third kappa shape index (κ3) is 0.827. The number of nitrogens with two attached hydrogens (primary N) is 1. The van der Waals surface area contributed by atoms with Crippen molar-refractivity contribution in [2.75, 3.05) is 0 Å². The lowest BCUT2D eigenvalue weighted by Crippen LogP contribution is -2.00. The van der Waals surface area contributed by atoms with E-state index in [2.05, 4.69) is 16.3 Å². The van der Waals surface area contributed by atoms with E-state index in [1.807, 2.05) is 6.92 Å². The van der Waals surface area contributed by atoms with Crippen LogP contribution in [0.3, 0.4) is 0 Å². The lowest BCUT2D eigenvalue weighted by atomic mass is 10.3. The van der Waals surface area contributed by atoms with Gasteiger partial charge in [-0.15, -0.1) is 0 Å². The molecule has 0 spiro atoms. The van der Waals surface area contributed by atoms with Crippen molar-refractivity contribution in [3.05, 3.63) is 17.5 Å². The zero-order valence-electron chi connectivity index (χ0n) is 5.96. The Morgan fingerprint density at radius 1 is 1.80 bits per heavy atom. The van der Waals surface area contributed by atoms with E-state index in [-0.39, 0.29) is 0 Å². The number of aromatic amines is 1. The lowest BCUT2D eigenvalue weighted by Gasteiger charge is -1.85. The minimum atomic E-state index is 0.364. The van der Waals surface area contributed by atoms with Crippen molar-refractivity contribution in [1.29, 1.82) is 0 Å². The van der Waals surface area contributed by atoms with Gasteiger partial charge in [0.05, 0.1) is 5.69 Å². The van der Waals surface area contributed by atoms with Crippen molar-refractivity contribution >= 4 is 0 Å². The fraction of sp³-hybridized carbons (Fsp3) is 0.571. The Hall–Kier alpha value is -0.830. The maximum atomic E-state index is 5.65. The van der Waals surface area contributed by atoms with E-state index in [4.69, 9.17) is 5.73 Å². The van der Waals surface area contributed by atoms with Crippen LogP contribution in [-0.2, 0) is 0 Å². The summed E-state index contributed by atoms with van der Waals surface area (Å²) in [6, 6.07) is 2.43. The summed E-state index contributed by atoms with van der Waals surface area (Å²) in [7, 11) is 0. The normalized spacial score (nSPS) is 30.6. The molecule has 3 N–H and O–H groups in total. The molecule has 1 aromatic rings. The molecule has 0 aliphatic heterocycles. The van der Waals surface area contributed by atoms with Crippen molar-refractivity contribution in [1.82, 2.24) is 10.2 Å². The largest absolute Gasteiger partial charge is 0.327 e. The molecular formula is C7H11N3. The summed E-state index contributed by atoms with van der Waals surface area (Å²) < 4.78 is 0. The van der Waals surface area contributed by atoms with Crippen LogP contribution in [-0.4, -0.2) is 16.2 Å². The van der Waals surface area contributed by atoms with Crippen molar-refractivity contribution in [3.8, 4) is 0 Å². The highest BCUT2D eigenvalue weighted by atomic mass is 15.1. The van der Waals surface area contributed by atoms with Crippen LogP contribution in [0.15, 0.2) is 6.07 Å². The van der Waals surface area contributed by atoms with Gasteiger partial charge < -0.3 is 5.73 Å². The van der Waals surface area contributed by atoms with Crippen LogP contribution in [0.5, 0.6) is 0 Å². The first kappa shape index (κ1) is 5.92. The predicted octanol–water partition coefficient (Wildman–Crippen LogP) is 0.533. The Labute approximate surface area is 59.6 Å². The first-order chi connectivity index (χ1) is 4.77. The molecule has 3 heteroatoms. The molecule has 2 atom stereocenters. The Morgan fingerprint density at radius 3 is 2.90 bits per heavy atom. The van der Waals surface area contributed by atoms with Crippen LogP contribution in [0, 0.1) is 6.92 Å². The summed E-state index contributed by atoms with van der Waals surface area (Å²) in [6.45, 7) is 2.00. The molecule has 0 aromatic carbocycles. The summed E-state index contributed by atoms with van der Waals surface area (Å²) in [5, 5.41) is 7.03. The lowest BCUT2D eigenvalue weighted by molar-refractivity contribution is 0.914. The monoisotopic (exact) mass is 137 g/mol. The molecule has 0 unspecified atom stereocenters. The average molecular weight is 137 g/mol. The predicted molar refractivity (Wildman–Crippen MR) is 38.7 cm³/mol. The van der Waals surface area contributed by atoms with Crippen LogP contribution >= 0.6 is 0 Å². The SMILES string of the molecule is Cc1cc([C@@H]2C[C@H]2N)n[nH]1. The van der Waals surface area contributed by atoms with Gasteiger partial charge in [0.15, 0.2) is 0 Å². The Balaban J connectivity index is 2.20. The third-order valence-corrected chi connectivity index (χ3v) is 1.95.